The Labute approximate surface area is 94.9 Å². The summed E-state index contributed by atoms with van der Waals surface area (Å²) < 4.78 is 7.88. The van der Waals surface area contributed by atoms with Gasteiger partial charge in [0.15, 0.2) is 5.06 Å². The molecule has 0 aliphatic carbocycles. The second-order valence-electron chi connectivity index (χ2n) is 2.88. The Morgan fingerprint density at radius 1 is 1.38 bits per heavy atom. The van der Waals surface area contributed by atoms with E-state index in [0.29, 0.717) is 0 Å². The first-order valence-corrected chi connectivity index (χ1v) is 5.84. The van der Waals surface area contributed by atoms with Crippen LogP contribution in [0.2, 0.25) is 0 Å². The summed E-state index contributed by atoms with van der Waals surface area (Å²) in [6, 6.07) is 6.38. The fourth-order valence-electron chi connectivity index (χ4n) is 1.24. The van der Waals surface area contributed by atoms with Crippen LogP contribution in [0.5, 0.6) is 5.06 Å². The molecule has 3 heteroatoms. The van der Waals surface area contributed by atoms with Crippen molar-refractivity contribution in [2.45, 2.75) is 6.92 Å². The Morgan fingerprint density at radius 3 is 2.85 bits per heavy atom. The van der Waals surface area contributed by atoms with Crippen LogP contribution in [0.25, 0.3) is 10.1 Å². The molecule has 0 bridgehead atoms. The Balaban J connectivity index is 2.76. The van der Waals surface area contributed by atoms with Crippen LogP contribution < -0.4 is 4.74 Å². The minimum Gasteiger partial charge on any atom is -0.487 e. The molecule has 0 unspecified atom stereocenters. The van der Waals surface area contributed by atoms with Crippen LogP contribution in [0.4, 0.5) is 0 Å². The lowest BCUT2D eigenvalue weighted by atomic mass is 10.2. The van der Waals surface area contributed by atoms with Crippen molar-refractivity contribution >= 4 is 44.0 Å². The van der Waals surface area contributed by atoms with Gasteiger partial charge in [-0.05, 0) is 46.5 Å². The number of ether oxygens (including phenoxy) is 1. The van der Waals surface area contributed by atoms with Gasteiger partial charge in [-0.3, -0.25) is 0 Å². The molecule has 1 aromatic heterocycles. The fourth-order valence-corrected chi connectivity index (χ4v) is 3.03. The molecule has 1 aromatic carbocycles. The molecule has 0 aliphatic rings. The zero-order valence-corrected chi connectivity index (χ0v) is 10.4. The van der Waals surface area contributed by atoms with Gasteiger partial charge in [0.1, 0.15) is 0 Å². The van der Waals surface area contributed by atoms with E-state index in [-0.39, 0.29) is 0 Å². The van der Waals surface area contributed by atoms with E-state index in [1.807, 2.05) is 0 Å². The number of rotatable bonds is 1. The van der Waals surface area contributed by atoms with Gasteiger partial charge in [-0.15, -0.1) is 0 Å². The summed E-state index contributed by atoms with van der Waals surface area (Å²) in [5, 5.41) is 2.26. The van der Waals surface area contributed by atoms with Gasteiger partial charge in [0.2, 0.25) is 0 Å². The fraction of sp³-hybridized carbons (Fsp3) is 0.200. The molecule has 0 saturated carbocycles. The second-order valence-corrected chi connectivity index (χ2v) is 4.98. The molecule has 2 aromatic rings. The molecule has 2 rings (SSSR count). The molecule has 0 fully saturated rings. The lowest BCUT2D eigenvalue weighted by molar-refractivity contribution is 0.427. The summed E-state index contributed by atoms with van der Waals surface area (Å²) in [4.78, 5) is 0. The average molecular weight is 304 g/mol. The third-order valence-electron chi connectivity index (χ3n) is 2.00. The number of benzene rings is 1. The van der Waals surface area contributed by atoms with Crippen molar-refractivity contribution in [1.82, 2.24) is 0 Å². The summed E-state index contributed by atoms with van der Waals surface area (Å²) in [6.07, 6.45) is 0. The zero-order chi connectivity index (χ0) is 9.42. The van der Waals surface area contributed by atoms with Crippen molar-refractivity contribution in [3.8, 4) is 5.06 Å². The first kappa shape index (κ1) is 9.27. The number of thiophene rings is 1. The third kappa shape index (κ3) is 1.55. The SMILES string of the molecule is COc1cc2ccc(C)c(I)c2s1. The summed E-state index contributed by atoms with van der Waals surface area (Å²) in [5.74, 6) is 0. The summed E-state index contributed by atoms with van der Waals surface area (Å²) in [6.45, 7) is 2.13. The van der Waals surface area contributed by atoms with E-state index in [9.17, 15) is 0 Å². The molecule has 1 nitrogen and oxygen atoms in total. The zero-order valence-electron chi connectivity index (χ0n) is 7.43. The highest BCUT2D eigenvalue weighted by Crippen LogP contribution is 2.35. The number of aryl methyl sites for hydroxylation is 1. The van der Waals surface area contributed by atoms with Gasteiger partial charge in [-0.1, -0.05) is 23.5 Å². The Morgan fingerprint density at radius 2 is 2.15 bits per heavy atom. The van der Waals surface area contributed by atoms with Crippen molar-refractivity contribution in [1.29, 1.82) is 0 Å². The first-order valence-electron chi connectivity index (χ1n) is 3.95. The summed E-state index contributed by atoms with van der Waals surface area (Å²) in [5.41, 5.74) is 1.33. The topological polar surface area (TPSA) is 9.23 Å². The molecule has 0 aliphatic heterocycles. The molecule has 0 N–H and O–H groups in total. The highest BCUT2D eigenvalue weighted by molar-refractivity contribution is 14.1. The molecular formula is C10H9IOS. The molecule has 0 saturated heterocycles. The van der Waals surface area contributed by atoms with Gasteiger partial charge in [-0.2, -0.15) is 0 Å². The Bertz CT molecular complexity index is 447. The van der Waals surface area contributed by atoms with E-state index in [4.69, 9.17) is 4.74 Å². The number of methoxy groups -OCH3 is 1. The van der Waals surface area contributed by atoms with Gasteiger partial charge >= 0.3 is 0 Å². The number of hydrogen-bond acceptors (Lipinski definition) is 2. The lowest BCUT2D eigenvalue weighted by Gasteiger charge is -1.97. The summed E-state index contributed by atoms with van der Waals surface area (Å²) >= 11 is 4.10. The van der Waals surface area contributed by atoms with Crippen molar-refractivity contribution in [3.63, 3.8) is 0 Å². The van der Waals surface area contributed by atoms with Crippen molar-refractivity contribution in [3.05, 3.63) is 27.3 Å². The van der Waals surface area contributed by atoms with Gasteiger partial charge in [-0.25, -0.2) is 0 Å². The monoisotopic (exact) mass is 304 g/mol. The van der Waals surface area contributed by atoms with Crippen LogP contribution in [0, 0.1) is 10.5 Å². The minimum atomic E-state index is 0.985. The Hall–Kier alpha value is -0.290. The smallest absolute Gasteiger partial charge is 0.174 e. The standard InChI is InChI=1S/C10H9IOS/c1-6-3-4-7-5-8(12-2)13-10(7)9(6)11/h3-5H,1-2H3. The van der Waals surface area contributed by atoms with Crippen LogP contribution in [-0.2, 0) is 0 Å². The van der Waals surface area contributed by atoms with Gasteiger partial charge in [0.05, 0.1) is 11.8 Å². The second kappa shape index (κ2) is 3.46. The quantitative estimate of drug-likeness (QED) is 0.728. The maximum Gasteiger partial charge on any atom is 0.174 e. The number of fused-ring (bicyclic) bond motifs is 1. The van der Waals surface area contributed by atoms with Gasteiger partial charge < -0.3 is 4.74 Å². The largest absolute Gasteiger partial charge is 0.487 e. The first-order chi connectivity index (χ1) is 6.22. The molecule has 13 heavy (non-hydrogen) atoms. The van der Waals surface area contributed by atoms with Crippen LogP contribution >= 0.6 is 33.9 Å². The van der Waals surface area contributed by atoms with Gasteiger partial charge in [0.25, 0.3) is 0 Å². The molecule has 0 atom stereocenters. The van der Waals surface area contributed by atoms with Crippen LogP contribution in [-0.4, -0.2) is 7.11 Å². The number of hydrogen-bond donors (Lipinski definition) is 0. The van der Waals surface area contributed by atoms with Crippen LogP contribution in [0.3, 0.4) is 0 Å². The molecule has 68 valence electrons. The third-order valence-corrected chi connectivity index (χ3v) is 4.88. The predicted molar refractivity (Wildman–Crippen MR) is 65.8 cm³/mol. The molecule has 0 spiro atoms. The van der Waals surface area contributed by atoms with E-state index in [0.717, 1.165) is 5.06 Å². The normalized spacial score (nSPS) is 10.7. The minimum absolute atomic E-state index is 0.985. The van der Waals surface area contributed by atoms with Gasteiger partial charge in [0, 0.05) is 3.57 Å². The highest BCUT2D eigenvalue weighted by Gasteiger charge is 2.06. The highest BCUT2D eigenvalue weighted by atomic mass is 127. The molecular weight excluding hydrogens is 295 g/mol. The number of halogens is 1. The van der Waals surface area contributed by atoms with Crippen molar-refractivity contribution in [2.24, 2.45) is 0 Å². The van der Waals surface area contributed by atoms with Crippen molar-refractivity contribution < 1.29 is 4.74 Å². The lowest BCUT2D eigenvalue weighted by Crippen LogP contribution is -1.77. The maximum atomic E-state index is 5.21. The predicted octanol–water partition coefficient (Wildman–Crippen LogP) is 3.82. The summed E-state index contributed by atoms with van der Waals surface area (Å²) in [7, 11) is 1.71. The van der Waals surface area contributed by atoms with E-state index in [2.05, 4.69) is 47.7 Å². The molecule has 1 heterocycles. The van der Waals surface area contributed by atoms with E-state index >= 15 is 0 Å². The average Bonchev–Trinajstić information content (AvgIpc) is 2.55. The van der Waals surface area contributed by atoms with Crippen LogP contribution in [0.15, 0.2) is 18.2 Å². The van der Waals surface area contributed by atoms with E-state index < -0.39 is 0 Å². The molecule has 0 amide bonds. The molecule has 0 radical (unpaired) electrons. The van der Waals surface area contributed by atoms with E-state index in [1.165, 1.54) is 19.2 Å². The van der Waals surface area contributed by atoms with E-state index in [1.54, 1.807) is 18.4 Å². The van der Waals surface area contributed by atoms with Crippen LogP contribution in [0.1, 0.15) is 5.56 Å². The Kier molecular flexibility index (Phi) is 2.47. The van der Waals surface area contributed by atoms with Crippen molar-refractivity contribution in [2.75, 3.05) is 7.11 Å². The maximum absolute atomic E-state index is 5.21.